The fraction of sp³-hybridized carbons (Fsp3) is 0.455. The number of carboxylic acid groups (broad SMARTS) is 2. The fourth-order valence-corrected chi connectivity index (χ4v) is 5.95. The topological polar surface area (TPSA) is 161 Å². The molecule has 2 amide bonds. The maximum Gasteiger partial charge on any atom is 0.303 e. The van der Waals surface area contributed by atoms with E-state index in [1.165, 1.54) is 0 Å². The number of allylic oxidation sites excluding steroid dienone is 4. The van der Waals surface area contributed by atoms with Crippen molar-refractivity contribution in [2.75, 3.05) is 0 Å². The minimum Gasteiger partial charge on any atom is -0.481 e. The Morgan fingerprint density at radius 2 is 1.74 bits per heavy atom. The fourth-order valence-electron chi connectivity index (χ4n) is 5.95. The number of aliphatic carboxylic acids is 2. The highest BCUT2D eigenvalue weighted by Gasteiger charge is 2.31. The molecule has 2 aliphatic heterocycles. The van der Waals surface area contributed by atoms with Gasteiger partial charge in [0, 0.05) is 59.2 Å². The Hall–Kier alpha value is -4.34. The Bertz CT molecular complexity index is 1440. The van der Waals surface area contributed by atoms with Crippen molar-refractivity contribution in [2.45, 2.75) is 92.5 Å². The molecule has 0 radical (unpaired) electrons. The van der Waals surface area contributed by atoms with Gasteiger partial charge in [-0.05, 0) is 86.5 Å². The van der Waals surface area contributed by atoms with Crippen LogP contribution in [0.3, 0.4) is 0 Å². The zero-order valence-corrected chi connectivity index (χ0v) is 25.9. The zero-order chi connectivity index (χ0) is 31.8. The average Bonchev–Trinajstić information content (AvgIpc) is 3.50. The molecular weight excluding hydrogens is 548 g/mol. The van der Waals surface area contributed by atoms with Crippen LogP contribution in [-0.2, 0) is 32.0 Å². The van der Waals surface area contributed by atoms with Gasteiger partial charge >= 0.3 is 11.9 Å². The maximum absolute atomic E-state index is 12.3. The molecule has 2 unspecified atom stereocenters. The summed E-state index contributed by atoms with van der Waals surface area (Å²) in [6.07, 6.45) is 9.11. The first-order chi connectivity index (χ1) is 20.4. The number of H-pyrrole nitrogens is 1. The minimum atomic E-state index is -0.897. The van der Waals surface area contributed by atoms with Crippen LogP contribution < -0.4 is 16.0 Å². The van der Waals surface area contributed by atoms with Crippen LogP contribution in [0.2, 0.25) is 0 Å². The lowest BCUT2D eigenvalue weighted by atomic mass is 9.91. The summed E-state index contributed by atoms with van der Waals surface area (Å²) in [5.74, 6) is -1.95. The second kappa shape index (κ2) is 14.7. The van der Waals surface area contributed by atoms with Gasteiger partial charge in [0.1, 0.15) is 0 Å². The molecule has 232 valence electrons. The Kier molecular flexibility index (Phi) is 11.3. The Morgan fingerprint density at radius 3 is 2.35 bits per heavy atom. The lowest BCUT2D eigenvalue weighted by Crippen LogP contribution is -2.28. The molecular formula is C33H44N4O6. The molecule has 3 heterocycles. The number of hydrogen-bond acceptors (Lipinski definition) is 5. The van der Waals surface area contributed by atoms with E-state index in [0.717, 1.165) is 57.0 Å². The number of carboxylic acids is 2. The zero-order valence-electron chi connectivity index (χ0n) is 25.9. The van der Waals surface area contributed by atoms with Crippen LogP contribution in [0.1, 0.15) is 89.2 Å². The van der Waals surface area contributed by atoms with Crippen LogP contribution in [0.15, 0.2) is 51.5 Å². The third kappa shape index (κ3) is 7.94. The summed E-state index contributed by atoms with van der Waals surface area (Å²) >= 11 is 0. The van der Waals surface area contributed by atoms with Gasteiger partial charge in [-0.3, -0.25) is 19.2 Å². The van der Waals surface area contributed by atoms with E-state index in [4.69, 9.17) is 0 Å². The second-order valence-corrected chi connectivity index (χ2v) is 11.2. The van der Waals surface area contributed by atoms with Crippen molar-refractivity contribution in [1.82, 2.24) is 20.9 Å². The van der Waals surface area contributed by atoms with Gasteiger partial charge in [0.15, 0.2) is 0 Å². The van der Waals surface area contributed by atoms with E-state index >= 15 is 0 Å². The largest absolute Gasteiger partial charge is 0.481 e. The minimum absolute atomic E-state index is 0.0202. The summed E-state index contributed by atoms with van der Waals surface area (Å²) in [5.41, 5.74) is 9.29. The van der Waals surface area contributed by atoms with Gasteiger partial charge in [-0.15, -0.1) is 0 Å². The standard InChI is InChI=1S/C33H44N4O6/c1-7-9-18(3)25(34-17-38)14-26-19(4)23(10-12-31(39)40)29(35-26)16-30-24(11-13-32(41)42)20(5)27(36-30)15-28-22(8-2)21(6)33(43)37-28/h9,14-15,17,19,26,35-36H,7-8,10-13,16H2,1-6H3,(H,34,38)(H,37,43)(H,39,40)(H,41,42)/b18-9+,25-14?,28-15?. The van der Waals surface area contributed by atoms with Gasteiger partial charge in [0.05, 0.1) is 6.04 Å². The van der Waals surface area contributed by atoms with Crippen LogP contribution >= 0.6 is 0 Å². The van der Waals surface area contributed by atoms with E-state index < -0.39 is 11.9 Å². The third-order valence-electron chi connectivity index (χ3n) is 8.38. The molecule has 10 heteroatoms. The lowest BCUT2D eigenvalue weighted by Gasteiger charge is -2.18. The predicted molar refractivity (Wildman–Crippen MR) is 166 cm³/mol. The molecule has 1 aromatic heterocycles. The first-order valence-electron chi connectivity index (χ1n) is 14.9. The molecule has 0 saturated carbocycles. The monoisotopic (exact) mass is 592 g/mol. The lowest BCUT2D eigenvalue weighted by molar-refractivity contribution is -0.138. The smallest absolute Gasteiger partial charge is 0.303 e. The average molecular weight is 593 g/mol. The van der Waals surface area contributed by atoms with Crippen molar-refractivity contribution in [3.8, 4) is 0 Å². The van der Waals surface area contributed by atoms with E-state index in [9.17, 15) is 29.4 Å². The summed E-state index contributed by atoms with van der Waals surface area (Å²) in [4.78, 5) is 50.3. The van der Waals surface area contributed by atoms with E-state index in [1.807, 2.05) is 52.8 Å². The molecule has 43 heavy (non-hydrogen) atoms. The van der Waals surface area contributed by atoms with E-state index in [2.05, 4.69) is 20.9 Å². The first kappa shape index (κ1) is 33.2. The summed E-state index contributed by atoms with van der Waals surface area (Å²) in [6.45, 7) is 11.7. The number of aromatic amines is 1. The molecule has 10 nitrogen and oxygen atoms in total. The molecule has 3 rings (SSSR count). The molecule has 1 aromatic rings. The van der Waals surface area contributed by atoms with Crippen molar-refractivity contribution in [1.29, 1.82) is 0 Å². The van der Waals surface area contributed by atoms with Gasteiger partial charge < -0.3 is 31.1 Å². The Morgan fingerprint density at radius 1 is 1.07 bits per heavy atom. The van der Waals surface area contributed by atoms with Crippen LogP contribution in [-0.4, -0.2) is 45.5 Å². The molecule has 0 saturated heterocycles. The van der Waals surface area contributed by atoms with Crippen molar-refractivity contribution in [2.24, 2.45) is 5.92 Å². The molecule has 0 bridgehead atoms. The third-order valence-corrected chi connectivity index (χ3v) is 8.38. The highest BCUT2D eigenvalue weighted by atomic mass is 16.4. The molecule has 0 spiro atoms. The van der Waals surface area contributed by atoms with Gasteiger partial charge in [0.25, 0.3) is 5.91 Å². The quantitative estimate of drug-likeness (QED) is 0.126. The molecule has 0 fully saturated rings. The first-order valence-corrected chi connectivity index (χ1v) is 14.9. The Balaban J connectivity index is 2.06. The van der Waals surface area contributed by atoms with Crippen LogP contribution in [0.5, 0.6) is 0 Å². The molecule has 2 aliphatic rings. The van der Waals surface area contributed by atoms with Crippen molar-refractivity contribution in [3.63, 3.8) is 0 Å². The maximum atomic E-state index is 12.3. The van der Waals surface area contributed by atoms with Gasteiger partial charge in [-0.1, -0.05) is 26.8 Å². The number of nitrogens with one attached hydrogen (secondary N) is 4. The normalized spacial score (nSPS) is 20.1. The summed E-state index contributed by atoms with van der Waals surface area (Å²) in [5, 5.41) is 28.2. The highest BCUT2D eigenvalue weighted by molar-refractivity contribution is 6.00. The predicted octanol–water partition coefficient (Wildman–Crippen LogP) is 4.79. The van der Waals surface area contributed by atoms with E-state index in [0.29, 0.717) is 43.4 Å². The summed E-state index contributed by atoms with van der Waals surface area (Å²) < 4.78 is 0. The Labute approximate surface area is 253 Å². The number of hydrogen-bond donors (Lipinski definition) is 6. The molecule has 0 aliphatic carbocycles. The van der Waals surface area contributed by atoms with Crippen LogP contribution in [0.25, 0.3) is 6.08 Å². The van der Waals surface area contributed by atoms with Crippen molar-refractivity contribution >= 4 is 30.3 Å². The number of aromatic nitrogens is 1. The van der Waals surface area contributed by atoms with Gasteiger partial charge in [-0.2, -0.15) is 0 Å². The summed E-state index contributed by atoms with van der Waals surface area (Å²) in [7, 11) is 0. The number of amides is 2. The van der Waals surface area contributed by atoms with E-state index in [-0.39, 0.29) is 30.7 Å². The van der Waals surface area contributed by atoms with Crippen LogP contribution in [0, 0.1) is 12.8 Å². The van der Waals surface area contributed by atoms with Gasteiger partial charge in [0.2, 0.25) is 6.41 Å². The SMILES string of the molecule is CC/C=C(\C)C(=CC1NC(Cc2[nH]c(C=C3NC(=O)C(C)=C3CC)c(C)c2CCC(=O)O)=C(CCC(=O)O)C1C)NC=O. The number of carbonyl (C=O) groups excluding carboxylic acids is 2. The van der Waals surface area contributed by atoms with Gasteiger partial charge in [-0.25, -0.2) is 0 Å². The van der Waals surface area contributed by atoms with Crippen molar-refractivity contribution in [3.05, 3.63) is 74.1 Å². The molecule has 2 atom stereocenters. The van der Waals surface area contributed by atoms with E-state index in [1.54, 1.807) is 6.92 Å². The number of rotatable bonds is 15. The molecule has 0 aromatic carbocycles. The van der Waals surface area contributed by atoms with Crippen LogP contribution in [0.4, 0.5) is 0 Å². The second-order valence-electron chi connectivity index (χ2n) is 11.2. The highest BCUT2D eigenvalue weighted by Crippen LogP contribution is 2.35. The van der Waals surface area contributed by atoms with Crippen molar-refractivity contribution < 1.29 is 29.4 Å². The summed E-state index contributed by atoms with van der Waals surface area (Å²) in [6, 6.07) is -0.185. The molecule has 6 N–H and O–H groups in total. The number of carbonyl (C=O) groups is 4.